The van der Waals surface area contributed by atoms with Crippen LogP contribution >= 0.6 is 34.8 Å². The summed E-state index contributed by atoms with van der Waals surface area (Å²) in [5.74, 6) is -4.90. The molecule has 1 N–H and O–H groups in total. The van der Waals surface area contributed by atoms with Gasteiger partial charge in [-0.2, -0.15) is 0 Å². The number of halogens is 3. The summed E-state index contributed by atoms with van der Waals surface area (Å²) in [6.45, 7) is 6.25. The molecule has 144 valence electrons. The summed E-state index contributed by atoms with van der Waals surface area (Å²) in [6, 6.07) is 1.14. The number of hydrogen-bond donors (Lipinski definition) is 1. The predicted molar refractivity (Wildman–Crippen MR) is 98.3 cm³/mol. The van der Waals surface area contributed by atoms with Crippen LogP contribution in [0.25, 0.3) is 0 Å². The number of esters is 2. The molecule has 0 aliphatic heterocycles. The number of ether oxygens (including phenoxy) is 2. The normalized spacial score (nSPS) is 11.2. The van der Waals surface area contributed by atoms with Crippen LogP contribution in [0.3, 0.4) is 0 Å². The molecule has 0 radical (unpaired) electrons. The first-order valence-corrected chi connectivity index (χ1v) is 8.93. The van der Waals surface area contributed by atoms with Crippen LogP contribution in [0.5, 0.6) is 5.75 Å². The zero-order valence-corrected chi connectivity index (χ0v) is 16.8. The third-order valence-corrected chi connectivity index (χ3v) is 4.71. The van der Waals surface area contributed by atoms with Gasteiger partial charge in [0.15, 0.2) is 5.75 Å². The fraction of sp³-hybridized carbons (Fsp3) is 0.471. The van der Waals surface area contributed by atoms with E-state index in [4.69, 9.17) is 44.6 Å². The van der Waals surface area contributed by atoms with E-state index < -0.39 is 29.2 Å². The topological polar surface area (TPSA) is 89.9 Å². The van der Waals surface area contributed by atoms with Gasteiger partial charge in [0, 0.05) is 0 Å². The largest absolute Gasteiger partial charge is 0.473 e. The number of carboxylic acid groups (broad SMARTS) is 1. The van der Waals surface area contributed by atoms with E-state index in [2.05, 4.69) is 11.7 Å². The third kappa shape index (κ3) is 6.04. The lowest BCUT2D eigenvalue weighted by Gasteiger charge is -2.23. The minimum absolute atomic E-state index is 0.0244. The van der Waals surface area contributed by atoms with Gasteiger partial charge in [-0.15, -0.1) is 0 Å². The van der Waals surface area contributed by atoms with Crippen molar-refractivity contribution in [3.63, 3.8) is 0 Å². The van der Waals surface area contributed by atoms with Gasteiger partial charge >= 0.3 is 17.9 Å². The Kier molecular flexibility index (Phi) is 8.18. The molecular weight excluding hydrogens is 407 g/mol. The minimum Gasteiger partial charge on any atom is -0.473 e. The SMILES string of the molecule is CCCC(C)(C)CCOC(=O)c1c(Cl)c(Cl)cc(Cl)c1OC(=O)C(=O)O. The highest BCUT2D eigenvalue weighted by Crippen LogP contribution is 2.40. The van der Waals surface area contributed by atoms with Crippen LogP contribution in [0.1, 0.15) is 50.4 Å². The second kappa shape index (κ2) is 9.44. The predicted octanol–water partition coefficient (Wildman–Crippen LogP) is 5.01. The van der Waals surface area contributed by atoms with Gasteiger partial charge in [0.1, 0.15) is 5.56 Å². The first kappa shape index (κ1) is 22.5. The van der Waals surface area contributed by atoms with Crippen molar-refractivity contribution in [2.75, 3.05) is 6.61 Å². The Morgan fingerprint density at radius 3 is 2.27 bits per heavy atom. The van der Waals surface area contributed by atoms with Crippen LogP contribution in [-0.4, -0.2) is 29.6 Å². The second-order valence-corrected chi connectivity index (χ2v) is 7.55. The number of hydrogen-bond acceptors (Lipinski definition) is 5. The summed E-state index contributed by atoms with van der Waals surface area (Å²) in [7, 11) is 0. The zero-order chi connectivity index (χ0) is 20.1. The lowest BCUT2D eigenvalue weighted by atomic mass is 9.85. The van der Waals surface area contributed by atoms with Crippen molar-refractivity contribution in [1.29, 1.82) is 0 Å². The van der Waals surface area contributed by atoms with Gasteiger partial charge in [-0.1, -0.05) is 62.0 Å². The monoisotopic (exact) mass is 424 g/mol. The van der Waals surface area contributed by atoms with Gasteiger partial charge in [-0.3, -0.25) is 0 Å². The fourth-order valence-electron chi connectivity index (χ4n) is 2.29. The minimum atomic E-state index is -1.85. The molecule has 0 fully saturated rings. The first-order chi connectivity index (χ1) is 12.0. The Hall–Kier alpha value is -1.50. The Bertz CT molecular complexity index is 715. The van der Waals surface area contributed by atoms with Crippen LogP contribution < -0.4 is 4.74 Å². The Morgan fingerprint density at radius 2 is 1.73 bits per heavy atom. The number of carbonyl (C=O) groups is 3. The molecule has 0 aliphatic rings. The van der Waals surface area contributed by atoms with Crippen LogP contribution in [0.4, 0.5) is 0 Å². The molecule has 0 aromatic heterocycles. The van der Waals surface area contributed by atoms with Crippen molar-refractivity contribution >= 4 is 52.7 Å². The zero-order valence-electron chi connectivity index (χ0n) is 14.5. The second-order valence-electron chi connectivity index (χ2n) is 6.35. The van der Waals surface area contributed by atoms with E-state index in [0.717, 1.165) is 18.9 Å². The molecule has 0 heterocycles. The summed E-state index contributed by atoms with van der Waals surface area (Å²) < 4.78 is 9.87. The van der Waals surface area contributed by atoms with Gasteiger partial charge in [-0.05, 0) is 24.3 Å². The molecule has 0 aliphatic carbocycles. The van der Waals surface area contributed by atoms with E-state index in [9.17, 15) is 14.4 Å². The van der Waals surface area contributed by atoms with E-state index in [1.807, 2.05) is 13.8 Å². The molecule has 0 bridgehead atoms. The molecule has 1 aromatic carbocycles. The molecule has 0 atom stereocenters. The maximum Gasteiger partial charge on any atom is 0.422 e. The molecule has 0 amide bonds. The van der Waals surface area contributed by atoms with Gasteiger partial charge < -0.3 is 14.6 Å². The molecule has 0 saturated carbocycles. The van der Waals surface area contributed by atoms with Crippen molar-refractivity contribution < 1.29 is 29.0 Å². The number of rotatable bonds is 7. The molecule has 26 heavy (non-hydrogen) atoms. The van der Waals surface area contributed by atoms with Crippen molar-refractivity contribution in [2.45, 2.75) is 40.0 Å². The molecule has 1 aromatic rings. The van der Waals surface area contributed by atoms with E-state index in [1.54, 1.807) is 0 Å². The summed E-state index contributed by atoms with van der Waals surface area (Å²) in [4.78, 5) is 34.5. The van der Waals surface area contributed by atoms with E-state index in [-0.39, 0.29) is 27.1 Å². The van der Waals surface area contributed by atoms with Crippen LogP contribution in [0, 0.1) is 5.41 Å². The average molecular weight is 426 g/mol. The maximum absolute atomic E-state index is 12.4. The lowest BCUT2D eigenvalue weighted by Crippen LogP contribution is -2.22. The Balaban J connectivity index is 3.07. The van der Waals surface area contributed by atoms with Crippen LogP contribution in [-0.2, 0) is 14.3 Å². The van der Waals surface area contributed by atoms with Crippen molar-refractivity contribution in [3.8, 4) is 5.75 Å². The number of aliphatic carboxylic acids is 1. The number of carbonyl (C=O) groups excluding carboxylic acids is 2. The van der Waals surface area contributed by atoms with Gasteiger partial charge in [0.05, 0.1) is 21.7 Å². The van der Waals surface area contributed by atoms with Gasteiger partial charge in [0.25, 0.3) is 0 Å². The van der Waals surface area contributed by atoms with Crippen LogP contribution in [0.2, 0.25) is 15.1 Å². The maximum atomic E-state index is 12.4. The fourth-order valence-corrected chi connectivity index (χ4v) is 3.01. The molecule has 0 spiro atoms. The van der Waals surface area contributed by atoms with Gasteiger partial charge in [0.2, 0.25) is 0 Å². The molecule has 0 unspecified atom stereocenters. The lowest BCUT2D eigenvalue weighted by molar-refractivity contribution is -0.158. The summed E-state index contributed by atoms with van der Waals surface area (Å²) in [5.41, 5.74) is -0.421. The van der Waals surface area contributed by atoms with E-state index in [1.165, 1.54) is 0 Å². The highest BCUT2D eigenvalue weighted by Gasteiger charge is 2.28. The van der Waals surface area contributed by atoms with E-state index in [0.29, 0.717) is 6.42 Å². The molecule has 0 saturated heterocycles. The van der Waals surface area contributed by atoms with Crippen molar-refractivity contribution in [2.24, 2.45) is 5.41 Å². The number of benzene rings is 1. The van der Waals surface area contributed by atoms with Gasteiger partial charge in [-0.25, -0.2) is 14.4 Å². The molecule has 1 rings (SSSR count). The molecule has 6 nitrogen and oxygen atoms in total. The summed E-state index contributed by atoms with van der Waals surface area (Å²) in [6.07, 6.45) is 2.55. The summed E-state index contributed by atoms with van der Waals surface area (Å²) in [5, 5.41) is 8.12. The standard InChI is InChI=1S/C17H19Cl3O6/c1-4-5-17(2,3)6-7-25-15(23)11-12(20)9(18)8-10(19)13(11)26-16(24)14(21)22/h8H,4-7H2,1-3H3,(H,21,22). The third-order valence-electron chi connectivity index (χ3n) is 3.64. The van der Waals surface area contributed by atoms with E-state index >= 15 is 0 Å². The van der Waals surface area contributed by atoms with Crippen molar-refractivity contribution in [3.05, 3.63) is 26.7 Å². The highest BCUT2D eigenvalue weighted by atomic mass is 35.5. The van der Waals surface area contributed by atoms with Crippen LogP contribution in [0.15, 0.2) is 6.07 Å². The quantitative estimate of drug-likeness (QED) is 0.286. The molecule has 9 heteroatoms. The average Bonchev–Trinajstić information content (AvgIpc) is 2.52. The highest BCUT2D eigenvalue weighted by molar-refractivity contribution is 6.46. The summed E-state index contributed by atoms with van der Waals surface area (Å²) >= 11 is 17.8. The van der Waals surface area contributed by atoms with Crippen molar-refractivity contribution in [1.82, 2.24) is 0 Å². The first-order valence-electron chi connectivity index (χ1n) is 7.80. The number of carboxylic acids is 1. The Labute approximate surface area is 166 Å². The Morgan fingerprint density at radius 1 is 1.12 bits per heavy atom. The smallest absolute Gasteiger partial charge is 0.422 e. The molecular formula is C17H19Cl3O6.